The number of primary amides is 1. The first-order valence-electron chi connectivity index (χ1n) is 10.3. The molecule has 4 N–H and O–H groups in total. The molecular weight excluding hydrogens is 376 g/mol. The molecular formula is C24H34N4O2. The van der Waals surface area contributed by atoms with Crippen molar-refractivity contribution in [1.29, 1.82) is 0 Å². The quantitative estimate of drug-likeness (QED) is 0.438. The molecule has 0 heterocycles. The second kappa shape index (κ2) is 11.2. The van der Waals surface area contributed by atoms with Crippen molar-refractivity contribution in [2.24, 2.45) is 10.7 Å². The SMILES string of the molecule is CN=C(NCCc1ccc(OCC(N)=O)cc1)NCCc1ccc(C(C)(C)C)cc1. The zero-order valence-corrected chi connectivity index (χ0v) is 18.5. The molecule has 0 fully saturated rings. The Bertz CT molecular complexity index is 822. The van der Waals surface area contributed by atoms with E-state index in [4.69, 9.17) is 10.5 Å². The van der Waals surface area contributed by atoms with Gasteiger partial charge in [0.05, 0.1) is 0 Å². The Labute approximate surface area is 179 Å². The predicted octanol–water partition coefficient (Wildman–Crippen LogP) is 2.80. The summed E-state index contributed by atoms with van der Waals surface area (Å²) < 4.78 is 5.27. The van der Waals surface area contributed by atoms with Gasteiger partial charge in [-0.1, -0.05) is 57.2 Å². The summed E-state index contributed by atoms with van der Waals surface area (Å²) in [6.45, 7) is 8.16. The highest BCUT2D eigenvalue weighted by Gasteiger charge is 2.12. The molecule has 1 amide bonds. The van der Waals surface area contributed by atoms with Crippen molar-refractivity contribution in [3.05, 3.63) is 65.2 Å². The van der Waals surface area contributed by atoms with E-state index >= 15 is 0 Å². The Hall–Kier alpha value is -3.02. The number of amides is 1. The van der Waals surface area contributed by atoms with Crippen molar-refractivity contribution < 1.29 is 9.53 Å². The van der Waals surface area contributed by atoms with Crippen LogP contribution in [0.4, 0.5) is 0 Å². The van der Waals surface area contributed by atoms with E-state index in [2.05, 4.69) is 60.7 Å². The van der Waals surface area contributed by atoms with Crippen LogP contribution in [0.15, 0.2) is 53.5 Å². The molecule has 0 radical (unpaired) electrons. The molecule has 0 spiro atoms. The number of hydrogen-bond donors (Lipinski definition) is 3. The van der Waals surface area contributed by atoms with Gasteiger partial charge in [-0.05, 0) is 47.1 Å². The molecule has 2 aromatic rings. The summed E-state index contributed by atoms with van der Waals surface area (Å²) in [6, 6.07) is 16.5. The van der Waals surface area contributed by atoms with Crippen LogP contribution in [0.25, 0.3) is 0 Å². The maximum Gasteiger partial charge on any atom is 0.255 e. The Morgan fingerprint density at radius 1 is 0.933 bits per heavy atom. The molecule has 0 aromatic heterocycles. The maximum atomic E-state index is 10.7. The minimum atomic E-state index is -0.482. The molecule has 6 nitrogen and oxygen atoms in total. The fraction of sp³-hybridized carbons (Fsp3) is 0.417. The van der Waals surface area contributed by atoms with E-state index in [-0.39, 0.29) is 12.0 Å². The molecule has 6 heteroatoms. The van der Waals surface area contributed by atoms with Gasteiger partial charge in [-0.25, -0.2) is 0 Å². The average Bonchev–Trinajstić information content (AvgIpc) is 2.71. The lowest BCUT2D eigenvalue weighted by Gasteiger charge is -2.19. The van der Waals surface area contributed by atoms with E-state index in [1.807, 2.05) is 24.3 Å². The standard InChI is InChI=1S/C24H34N4O2/c1-24(2,3)20-9-5-18(6-10-20)13-15-27-23(26-4)28-16-14-19-7-11-21(12-8-19)30-17-22(25)29/h5-12H,13-17H2,1-4H3,(H2,25,29)(H2,26,27,28). The van der Waals surface area contributed by atoms with Gasteiger partial charge >= 0.3 is 0 Å². The summed E-state index contributed by atoms with van der Waals surface area (Å²) in [5.41, 5.74) is 9.09. The molecule has 162 valence electrons. The van der Waals surface area contributed by atoms with E-state index in [9.17, 15) is 4.79 Å². The van der Waals surface area contributed by atoms with E-state index < -0.39 is 5.91 Å². The zero-order valence-electron chi connectivity index (χ0n) is 18.5. The van der Waals surface area contributed by atoms with Crippen LogP contribution >= 0.6 is 0 Å². The largest absolute Gasteiger partial charge is 0.484 e. The number of ether oxygens (including phenoxy) is 1. The van der Waals surface area contributed by atoms with Crippen molar-refractivity contribution in [3.8, 4) is 5.75 Å². The number of nitrogens with two attached hydrogens (primary N) is 1. The summed E-state index contributed by atoms with van der Waals surface area (Å²) in [5, 5.41) is 6.69. The molecule has 0 unspecified atom stereocenters. The fourth-order valence-corrected chi connectivity index (χ4v) is 2.95. The molecule has 0 aliphatic heterocycles. The Morgan fingerprint density at radius 3 is 1.87 bits per heavy atom. The topological polar surface area (TPSA) is 88.7 Å². The van der Waals surface area contributed by atoms with E-state index in [1.165, 1.54) is 16.7 Å². The van der Waals surface area contributed by atoms with Crippen LogP contribution in [-0.2, 0) is 23.1 Å². The molecule has 0 saturated heterocycles. The van der Waals surface area contributed by atoms with Crippen molar-refractivity contribution in [2.75, 3.05) is 26.7 Å². The summed E-state index contributed by atoms with van der Waals surface area (Å²) in [5.74, 6) is 0.949. The number of carbonyl (C=O) groups is 1. The summed E-state index contributed by atoms with van der Waals surface area (Å²) >= 11 is 0. The first-order valence-corrected chi connectivity index (χ1v) is 10.3. The van der Waals surface area contributed by atoms with Gasteiger partial charge < -0.3 is 21.1 Å². The van der Waals surface area contributed by atoms with Crippen molar-refractivity contribution in [2.45, 2.75) is 39.0 Å². The number of guanidine groups is 1. The third-order valence-electron chi connectivity index (χ3n) is 4.76. The van der Waals surface area contributed by atoms with Crippen molar-refractivity contribution in [1.82, 2.24) is 10.6 Å². The van der Waals surface area contributed by atoms with E-state index in [0.717, 1.165) is 31.9 Å². The lowest BCUT2D eigenvalue weighted by Crippen LogP contribution is -2.39. The average molecular weight is 411 g/mol. The third-order valence-corrected chi connectivity index (χ3v) is 4.76. The molecule has 0 aliphatic rings. The van der Waals surface area contributed by atoms with Crippen LogP contribution in [0.3, 0.4) is 0 Å². The van der Waals surface area contributed by atoms with Gasteiger partial charge in [-0.2, -0.15) is 0 Å². The number of nitrogens with one attached hydrogen (secondary N) is 2. The van der Waals surface area contributed by atoms with Gasteiger partial charge in [-0.15, -0.1) is 0 Å². The smallest absolute Gasteiger partial charge is 0.255 e. The molecule has 0 atom stereocenters. The number of benzene rings is 2. The second-order valence-electron chi connectivity index (χ2n) is 8.27. The molecule has 0 saturated carbocycles. The monoisotopic (exact) mass is 410 g/mol. The van der Waals surface area contributed by atoms with Crippen molar-refractivity contribution >= 4 is 11.9 Å². The lowest BCUT2D eigenvalue weighted by atomic mass is 9.86. The van der Waals surface area contributed by atoms with Crippen LogP contribution in [0.5, 0.6) is 5.75 Å². The molecule has 2 rings (SSSR count). The van der Waals surface area contributed by atoms with Crippen LogP contribution in [-0.4, -0.2) is 38.6 Å². The number of hydrogen-bond acceptors (Lipinski definition) is 3. The first kappa shape index (κ1) is 23.3. The molecule has 30 heavy (non-hydrogen) atoms. The highest BCUT2D eigenvalue weighted by molar-refractivity contribution is 5.79. The van der Waals surface area contributed by atoms with Crippen molar-refractivity contribution in [3.63, 3.8) is 0 Å². The lowest BCUT2D eigenvalue weighted by molar-refractivity contribution is -0.119. The number of rotatable bonds is 9. The zero-order chi connectivity index (χ0) is 22.0. The third kappa shape index (κ3) is 8.15. The first-order chi connectivity index (χ1) is 14.3. The maximum absolute atomic E-state index is 10.7. The minimum absolute atomic E-state index is 0.108. The minimum Gasteiger partial charge on any atom is -0.484 e. The van der Waals surface area contributed by atoms with Gasteiger partial charge in [0.1, 0.15) is 5.75 Å². The van der Waals surface area contributed by atoms with Crippen LogP contribution < -0.4 is 21.1 Å². The molecule has 2 aromatic carbocycles. The van der Waals surface area contributed by atoms with Crippen LogP contribution in [0.1, 0.15) is 37.5 Å². The molecule has 0 bridgehead atoms. The summed E-state index contributed by atoms with van der Waals surface area (Å²) in [4.78, 5) is 15.0. The van der Waals surface area contributed by atoms with Gasteiger partial charge in [0, 0.05) is 20.1 Å². The van der Waals surface area contributed by atoms with Crippen LogP contribution in [0.2, 0.25) is 0 Å². The number of carbonyl (C=O) groups excluding carboxylic acids is 1. The van der Waals surface area contributed by atoms with Gasteiger partial charge in [0.2, 0.25) is 0 Å². The Balaban J connectivity index is 1.70. The van der Waals surface area contributed by atoms with Gasteiger partial charge in [0.25, 0.3) is 5.91 Å². The molecule has 0 aliphatic carbocycles. The number of nitrogens with zero attached hydrogens (tertiary/aromatic N) is 1. The Kier molecular flexibility index (Phi) is 8.71. The van der Waals surface area contributed by atoms with E-state index in [0.29, 0.717) is 5.75 Å². The fourth-order valence-electron chi connectivity index (χ4n) is 2.95. The normalized spacial score (nSPS) is 11.8. The predicted molar refractivity (Wildman–Crippen MR) is 123 cm³/mol. The highest BCUT2D eigenvalue weighted by atomic mass is 16.5. The van der Waals surface area contributed by atoms with E-state index in [1.54, 1.807) is 7.05 Å². The Morgan fingerprint density at radius 2 is 1.43 bits per heavy atom. The summed E-state index contributed by atoms with van der Waals surface area (Å²) in [7, 11) is 1.78. The van der Waals surface area contributed by atoms with Crippen LogP contribution in [0, 0.1) is 0 Å². The van der Waals surface area contributed by atoms with Gasteiger partial charge in [-0.3, -0.25) is 9.79 Å². The number of aliphatic imine (C=N–C) groups is 1. The van der Waals surface area contributed by atoms with Gasteiger partial charge in [0.15, 0.2) is 12.6 Å². The summed E-state index contributed by atoms with van der Waals surface area (Å²) in [6.07, 6.45) is 1.79. The highest BCUT2D eigenvalue weighted by Crippen LogP contribution is 2.22. The second-order valence-corrected chi connectivity index (χ2v) is 8.27.